The van der Waals surface area contributed by atoms with Gasteiger partial charge in [0, 0.05) is 48.4 Å². The Morgan fingerprint density at radius 2 is 1.81 bits per heavy atom. The van der Waals surface area contributed by atoms with Crippen LogP contribution in [0, 0.1) is 0 Å². The van der Waals surface area contributed by atoms with Crippen molar-refractivity contribution >= 4 is 17.3 Å². The molecule has 9 unspecified atom stereocenters. The number of phenols is 2. The third-order valence-electron chi connectivity index (χ3n) is 9.25. The fourth-order valence-electron chi connectivity index (χ4n) is 6.76. The second-order valence-electron chi connectivity index (χ2n) is 12.9. The van der Waals surface area contributed by atoms with Gasteiger partial charge in [-0.05, 0) is 33.8 Å². The van der Waals surface area contributed by atoms with Gasteiger partial charge in [-0.3, -0.25) is 14.4 Å². The number of ketones is 3. The molecule has 2 aromatic carbocycles. The summed E-state index contributed by atoms with van der Waals surface area (Å²) >= 11 is 0. The fraction of sp³-hybridized carbons (Fsp3) is 0.559. The van der Waals surface area contributed by atoms with Gasteiger partial charge in [-0.2, -0.15) is 0 Å². The monoisotopic (exact) mass is 673 g/mol. The molecule has 0 spiro atoms. The van der Waals surface area contributed by atoms with Gasteiger partial charge in [0.15, 0.2) is 24.1 Å². The second-order valence-corrected chi connectivity index (χ2v) is 12.9. The highest BCUT2D eigenvalue weighted by Crippen LogP contribution is 2.52. The van der Waals surface area contributed by atoms with Gasteiger partial charge in [-0.1, -0.05) is 12.1 Å². The summed E-state index contributed by atoms with van der Waals surface area (Å²) in [5, 5.41) is 54.0. The molecule has 14 nitrogen and oxygen atoms in total. The molecule has 1 fully saturated rings. The van der Waals surface area contributed by atoms with Gasteiger partial charge in [-0.15, -0.1) is 0 Å². The molecule has 2 aliphatic carbocycles. The summed E-state index contributed by atoms with van der Waals surface area (Å²) in [5.41, 5.74) is 3.28. The van der Waals surface area contributed by atoms with E-state index in [0.29, 0.717) is 0 Å². The van der Waals surface area contributed by atoms with Gasteiger partial charge in [0.1, 0.15) is 29.0 Å². The van der Waals surface area contributed by atoms with Crippen LogP contribution < -0.4 is 10.5 Å². The first-order valence-electron chi connectivity index (χ1n) is 15.9. The summed E-state index contributed by atoms with van der Waals surface area (Å²) in [4.78, 5) is 40.2. The Balaban J connectivity index is 1.49. The Kier molecular flexibility index (Phi) is 10.3. The van der Waals surface area contributed by atoms with E-state index in [1.54, 1.807) is 20.8 Å². The molecule has 48 heavy (non-hydrogen) atoms. The summed E-state index contributed by atoms with van der Waals surface area (Å²) < 4.78 is 29.5. The number of benzene rings is 2. The van der Waals surface area contributed by atoms with Gasteiger partial charge in [0.2, 0.25) is 5.78 Å². The minimum atomic E-state index is -2.05. The summed E-state index contributed by atoms with van der Waals surface area (Å²) in [6.07, 6.45) is -6.71. The third kappa shape index (κ3) is 6.46. The van der Waals surface area contributed by atoms with E-state index in [2.05, 4.69) is 0 Å². The minimum Gasteiger partial charge on any atom is -0.507 e. The average Bonchev–Trinajstić information content (AvgIpc) is 3.02. The molecule has 1 heterocycles. The van der Waals surface area contributed by atoms with E-state index >= 15 is 0 Å². The number of Topliss-reactive ketones (excluding diaryl/α,β-unsaturated/α-hetero) is 1. The number of methoxy groups -OCH3 is 1. The fourth-order valence-corrected chi connectivity index (χ4v) is 6.76. The highest BCUT2D eigenvalue weighted by atomic mass is 16.7. The zero-order valence-electron chi connectivity index (χ0n) is 27.5. The van der Waals surface area contributed by atoms with Gasteiger partial charge in [0.25, 0.3) is 0 Å². The van der Waals surface area contributed by atoms with Crippen LogP contribution in [0.5, 0.6) is 17.2 Å². The van der Waals surface area contributed by atoms with E-state index in [0.717, 1.165) is 0 Å². The first kappa shape index (κ1) is 35.8. The SMILES string of the molecule is COc1cccc2c1C(=O)c1c(O)c3c(c(O)c1C2=O)CC(O)(C(C)=O)CC3OC1CC(N)C(OC(CC(C)O)OC(C)CO)C(C)O1. The molecule has 1 saturated heterocycles. The number of hydrogen-bond donors (Lipinski definition) is 6. The van der Waals surface area contributed by atoms with Crippen molar-refractivity contribution in [2.45, 2.75) is 108 Å². The first-order chi connectivity index (χ1) is 22.6. The lowest BCUT2D eigenvalue weighted by Gasteiger charge is -2.43. The summed E-state index contributed by atoms with van der Waals surface area (Å²) in [7, 11) is 1.33. The number of carbonyl (C=O) groups excluding carboxylic acids is 3. The molecule has 2 aromatic rings. The number of ether oxygens (including phenoxy) is 5. The van der Waals surface area contributed by atoms with Crippen LogP contribution in [0.3, 0.4) is 0 Å². The topological polar surface area (TPSA) is 225 Å². The molecule has 0 bridgehead atoms. The maximum Gasteiger partial charge on any atom is 0.202 e. The number of hydrogen-bond acceptors (Lipinski definition) is 14. The predicted molar refractivity (Wildman–Crippen MR) is 167 cm³/mol. The van der Waals surface area contributed by atoms with Crippen molar-refractivity contribution in [1.29, 1.82) is 0 Å². The standard InChI is InChI=1S/C34H43NO13/c1-14(37)9-23(45-15(2)13-36)48-33-16(3)46-24(10-20(33)35)47-22-12-34(43,17(4)38)11-19-26(22)32(42)28-27(30(19)40)29(39)18-7-6-8-21(44-5)25(18)31(28)41/h6-8,14-16,20,22-24,33,36-37,40,42-43H,9-13,35H2,1-5H3. The Hall–Kier alpha value is -3.47. The maximum atomic E-state index is 13.8. The highest BCUT2D eigenvalue weighted by molar-refractivity contribution is 6.31. The van der Waals surface area contributed by atoms with Crippen LogP contribution in [0.1, 0.15) is 96.0 Å². The molecule has 0 saturated carbocycles. The normalized spacial score (nSPS) is 28.6. The average molecular weight is 674 g/mol. The van der Waals surface area contributed by atoms with Gasteiger partial charge >= 0.3 is 0 Å². The molecule has 0 radical (unpaired) electrons. The zero-order chi connectivity index (χ0) is 35.2. The molecule has 0 amide bonds. The van der Waals surface area contributed by atoms with E-state index in [1.807, 2.05) is 0 Å². The predicted octanol–water partition coefficient (Wildman–Crippen LogP) is 1.55. The molecule has 14 heteroatoms. The van der Waals surface area contributed by atoms with E-state index in [1.165, 1.54) is 32.2 Å². The van der Waals surface area contributed by atoms with Crippen molar-refractivity contribution in [1.82, 2.24) is 0 Å². The number of aliphatic hydroxyl groups is 3. The minimum absolute atomic E-state index is 0.0332. The molecule has 9 atom stereocenters. The number of carbonyl (C=O) groups is 3. The van der Waals surface area contributed by atoms with Crippen molar-refractivity contribution in [2.24, 2.45) is 5.73 Å². The van der Waals surface area contributed by atoms with Crippen LogP contribution >= 0.6 is 0 Å². The number of aliphatic hydroxyl groups excluding tert-OH is 2. The van der Waals surface area contributed by atoms with E-state index < -0.39 is 101 Å². The molecule has 5 rings (SSSR count). The Labute approximate surface area is 277 Å². The summed E-state index contributed by atoms with van der Waals surface area (Å²) in [6.45, 7) is 5.82. The number of fused-ring (bicyclic) bond motifs is 3. The van der Waals surface area contributed by atoms with Crippen LogP contribution in [0.4, 0.5) is 0 Å². The van der Waals surface area contributed by atoms with Crippen LogP contribution in [0.15, 0.2) is 18.2 Å². The second kappa shape index (κ2) is 13.8. The lowest BCUT2D eigenvalue weighted by Crippen LogP contribution is -2.55. The van der Waals surface area contributed by atoms with Crippen molar-refractivity contribution in [2.75, 3.05) is 13.7 Å². The molecule has 0 aromatic heterocycles. The summed E-state index contributed by atoms with van der Waals surface area (Å²) in [6, 6.07) is 3.72. The van der Waals surface area contributed by atoms with Crippen molar-refractivity contribution in [3.05, 3.63) is 51.6 Å². The zero-order valence-corrected chi connectivity index (χ0v) is 27.5. The number of aromatic hydroxyl groups is 2. The van der Waals surface area contributed by atoms with E-state index in [-0.39, 0.29) is 53.9 Å². The smallest absolute Gasteiger partial charge is 0.202 e. The lowest BCUT2D eigenvalue weighted by molar-refractivity contribution is -0.285. The summed E-state index contributed by atoms with van der Waals surface area (Å²) in [5.74, 6) is -3.31. The maximum absolute atomic E-state index is 13.8. The van der Waals surface area contributed by atoms with Crippen molar-refractivity contribution < 1.29 is 63.6 Å². The number of rotatable bonds is 11. The molecule has 3 aliphatic rings. The number of nitrogens with two attached hydrogens (primary N) is 1. The Bertz CT molecular complexity index is 1580. The van der Waals surface area contributed by atoms with Gasteiger partial charge in [-0.25, -0.2) is 0 Å². The van der Waals surface area contributed by atoms with Gasteiger partial charge in [0.05, 0.1) is 54.8 Å². The molecule has 1 aliphatic heterocycles. The van der Waals surface area contributed by atoms with Crippen LogP contribution in [-0.4, -0.2) is 105 Å². The van der Waals surface area contributed by atoms with E-state index in [9.17, 15) is 39.9 Å². The van der Waals surface area contributed by atoms with Crippen molar-refractivity contribution in [3.63, 3.8) is 0 Å². The Morgan fingerprint density at radius 3 is 2.42 bits per heavy atom. The number of phenolic OH excluding ortho intramolecular Hbond substituents is 2. The third-order valence-corrected chi connectivity index (χ3v) is 9.25. The quantitative estimate of drug-likeness (QED) is 0.126. The Morgan fingerprint density at radius 1 is 1.12 bits per heavy atom. The first-order valence-corrected chi connectivity index (χ1v) is 15.9. The van der Waals surface area contributed by atoms with E-state index in [4.69, 9.17) is 29.4 Å². The van der Waals surface area contributed by atoms with Crippen LogP contribution in [0.25, 0.3) is 0 Å². The molecule has 7 N–H and O–H groups in total. The lowest BCUT2D eigenvalue weighted by atomic mass is 9.72. The highest BCUT2D eigenvalue weighted by Gasteiger charge is 2.49. The van der Waals surface area contributed by atoms with Crippen LogP contribution in [0.2, 0.25) is 0 Å². The van der Waals surface area contributed by atoms with Gasteiger partial charge < -0.3 is 55.0 Å². The van der Waals surface area contributed by atoms with Crippen LogP contribution in [-0.2, 0) is 30.2 Å². The molecular weight excluding hydrogens is 630 g/mol. The molecule has 262 valence electrons. The van der Waals surface area contributed by atoms with Crippen molar-refractivity contribution in [3.8, 4) is 17.2 Å². The largest absolute Gasteiger partial charge is 0.507 e. The molecular formula is C34H43NO13.